The standard InChI is InChI=1S/C64H62N3O/c1-39(2)44-29-30-54(49(33-44)43-21-16-13-17-22-43)66-55-24-18-23-48-50-35-46(61(3,4)5)36-51-56-34-45(42-27-25-41(26-28-42)40-19-14-12-15-20-40)31-32-65(56)64(57(50)51)67(58(48)55)60(66)52-37-47(62(6,7)8)38-53(59(52)68-64)63(9,10)11/h12-39,60H,1-11H3/q+1. The van der Waals surface area contributed by atoms with Crippen molar-refractivity contribution in [1.29, 1.82) is 0 Å². The fourth-order valence-corrected chi connectivity index (χ4v) is 11.5. The van der Waals surface area contributed by atoms with Gasteiger partial charge in [-0.1, -0.05) is 185 Å². The molecule has 2 unspecified atom stereocenters. The molecule has 4 nitrogen and oxygen atoms in total. The number of para-hydroxylation sites is 1. The Kier molecular flexibility index (Phi) is 9.08. The number of hydrogen-bond donors (Lipinski definition) is 0. The zero-order valence-corrected chi connectivity index (χ0v) is 41.5. The van der Waals surface area contributed by atoms with Crippen LogP contribution >= 0.6 is 0 Å². The number of pyridine rings is 1. The van der Waals surface area contributed by atoms with Crippen molar-refractivity contribution in [2.24, 2.45) is 0 Å². The molecule has 0 saturated carbocycles. The summed E-state index contributed by atoms with van der Waals surface area (Å²) in [7, 11) is 0. The van der Waals surface area contributed by atoms with E-state index >= 15 is 0 Å². The Hall–Kier alpha value is -6.91. The lowest BCUT2D eigenvalue weighted by Gasteiger charge is -2.49. The van der Waals surface area contributed by atoms with Crippen LogP contribution in [0.2, 0.25) is 0 Å². The fraction of sp³-hybridized carbons (Fsp3) is 0.266. The molecule has 338 valence electrons. The highest BCUT2D eigenvalue weighted by atomic mass is 16.5. The van der Waals surface area contributed by atoms with E-state index < -0.39 is 5.85 Å². The molecule has 0 amide bonds. The normalized spacial score (nSPS) is 17.4. The topological polar surface area (TPSA) is 19.6 Å². The first-order valence-corrected chi connectivity index (χ1v) is 24.6. The van der Waals surface area contributed by atoms with E-state index in [-0.39, 0.29) is 22.4 Å². The van der Waals surface area contributed by atoms with Gasteiger partial charge < -0.3 is 9.64 Å². The maximum absolute atomic E-state index is 8.21. The monoisotopic (exact) mass is 888 g/mol. The average molecular weight is 889 g/mol. The van der Waals surface area contributed by atoms with Crippen LogP contribution < -0.4 is 19.1 Å². The second kappa shape index (κ2) is 14.5. The van der Waals surface area contributed by atoms with Crippen molar-refractivity contribution in [3.05, 3.63) is 197 Å². The summed E-state index contributed by atoms with van der Waals surface area (Å²) in [6, 6.07) is 59.5. The lowest BCUT2D eigenvalue weighted by molar-refractivity contribution is -0.774. The zero-order valence-electron chi connectivity index (χ0n) is 41.5. The van der Waals surface area contributed by atoms with E-state index in [0.29, 0.717) is 5.92 Å². The number of benzene rings is 7. The van der Waals surface area contributed by atoms with Crippen molar-refractivity contribution in [2.45, 2.75) is 110 Å². The van der Waals surface area contributed by atoms with E-state index in [0.717, 1.165) is 11.4 Å². The number of hydrogen-bond acceptors (Lipinski definition) is 3. The number of anilines is 3. The molecule has 4 heteroatoms. The first kappa shape index (κ1) is 42.4. The quantitative estimate of drug-likeness (QED) is 0.161. The van der Waals surface area contributed by atoms with E-state index in [1.54, 1.807) is 0 Å². The second-order valence-electron chi connectivity index (χ2n) is 23.0. The van der Waals surface area contributed by atoms with Gasteiger partial charge in [0, 0.05) is 39.9 Å². The third-order valence-corrected chi connectivity index (χ3v) is 15.2. The molecule has 1 spiro atoms. The first-order valence-electron chi connectivity index (χ1n) is 24.6. The summed E-state index contributed by atoms with van der Waals surface area (Å²) in [6.07, 6.45) is 2.07. The van der Waals surface area contributed by atoms with Gasteiger partial charge in [0.2, 0.25) is 5.69 Å². The van der Waals surface area contributed by atoms with Gasteiger partial charge in [0.25, 0.3) is 0 Å². The Morgan fingerprint density at radius 2 is 1.13 bits per heavy atom. The first-order chi connectivity index (χ1) is 32.4. The third-order valence-electron chi connectivity index (χ3n) is 15.2. The predicted molar refractivity (Wildman–Crippen MR) is 282 cm³/mol. The van der Waals surface area contributed by atoms with Crippen molar-refractivity contribution in [2.75, 3.05) is 9.80 Å². The van der Waals surface area contributed by atoms with Crippen LogP contribution in [-0.4, -0.2) is 0 Å². The summed E-state index contributed by atoms with van der Waals surface area (Å²) >= 11 is 0. The highest BCUT2D eigenvalue weighted by molar-refractivity contribution is 6.03. The Morgan fingerprint density at radius 3 is 1.78 bits per heavy atom. The van der Waals surface area contributed by atoms with E-state index in [9.17, 15) is 0 Å². The second-order valence-corrected chi connectivity index (χ2v) is 23.0. The Labute approximate surface area is 403 Å². The van der Waals surface area contributed by atoms with E-state index in [4.69, 9.17) is 4.74 Å². The average Bonchev–Trinajstić information content (AvgIpc) is 3.82. The van der Waals surface area contributed by atoms with Crippen molar-refractivity contribution in [1.82, 2.24) is 0 Å². The van der Waals surface area contributed by atoms with Crippen LogP contribution in [-0.2, 0) is 22.1 Å². The summed E-state index contributed by atoms with van der Waals surface area (Å²) in [5.41, 5.74) is 22.8. The molecule has 0 radical (unpaired) electrons. The highest BCUT2D eigenvalue weighted by Gasteiger charge is 2.70. The lowest BCUT2D eigenvalue weighted by atomic mass is 9.77. The molecular weight excluding hydrogens is 827 g/mol. The summed E-state index contributed by atoms with van der Waals surface area (Å²) in [5, 5.41) is 0. The van der Waals surface area contributed by atoms with Crippen LogP contribution in [0.1, 0.15) is 122 Å². The molecule has 2 atom stereocenters. The molecule has 7 aromatic carbocycles. The van der Waals surface area contributed by atoms with Gasteiger partial charge in [0.1, 0.15) is 17.5 Å². The van der Waals surface area contributed by atoms with Gasteiger partial charge in [0.05, 0.1) is 22.6 Å². The molecule has 5 heterocycles. The van der Waals surface area contributed by atoms with Crippen LogP contribution in [0.3, 0.4) is 0 Å². The molecule has 1 aromatic heterocycles. The summed E-state index contributed by atoms with van der Waals surface area (Å²) in [6.45, 7) is 25.7. The Morgan fingerprint density at radius 1 is 0.515 bits per heavy atom. The van der Waals surface area contributed by atoms with Gasteiger partial charge in [0.15, 0.2) is 6.20 Å². The zero-order chi connectivity index (χ0) is 47.2. The lowest BCUT2D eigenvalue weighted by Crippen LogP contribution is -2.71. The van der Waals surface area contributed by atoms with Gasteiger partial charge in [-0.15, -0.1) is 4.57 Å². The fourth-order valence-electron chi connectivity index (χ4n) is 11.5. The number of rotatable bonds is 5. The van der Waals surface area contributed by atoms with Crippen molar-refractivity contribution >= 4 is 17.1 Å². The molecule has 8 aromatic rings. The molecule has 0 bridgehead atoms. The maximum Gasteiger partial charge on any atom is 0.432 e. The van der Waals surface area contributed by atoms with Crippen LogP contribution in [0, 0.1) is 0 Å². The molecular formula is C64H62N3O+. The van der Waals surface area contributed by atoms with Crippen molar-refractivity contribution in [3.8, 4) is 61.5 Å². The molecule has 4 aliphatic rings. The minimum absolute atomic E-state index is 0.102. The van der Waals surface area contributed by atoms with Crippen LogP contribution in [0.5, 0.6) is 5.75 Å². The smallest absolute Gasteiger partial charge is 0.410 e. The number of aromatic nitrogens is 1. The third kappa shape index (κ3) is 6.15. The maximum atomic E-state index is 8.21. The largest absolute Gasteiger partial charge is 0.432 e. The van der Waals surface area contributed by atoms with Gasteiger partial charge in [-0.05, 0) is 103 Å². The summed E-state index contributed by atoms with van der Waals surface area (Å²) in [5.74, 6) is 0.308. The Balaban J connectivity index is 1.19. The van der Waals surface area contributed by atoms with E-state index in [1.165, 1.54) is 101 Å². The molecule has 68 heavy (non-hydrogen) atoms. The van der Waals surface area contributed by atoms with Crippen LogP contribution in [0.25, 0.3) is 55.8 Å². The SMILES string of the molecule is CC(C)c1ccc(N2c3cccc4c3N3C2c2cc(C(C)(C)C)cc(C(C)(C)C)c2OC32c3c-4cc(C(C)(C)C)cc3-c3cc(-c4ccc(-c5ccccc5)cc4)cc[n+]32)c(-c2ccccc2)c1. The minimum Gasteiger partial charge on any atom is -0.410 e. The van der Waals surface area contributed by atoms with Crippen molar-refractivity contribution in [3.63, 3.8) is 0 Å². The van der Waals surface area contributed by atoms with Gasteiger partial charge in [-0.3, -0.25) is 0 Å². The highest BCUT2D eigenvalue weighted by Crippen LogP contribution is 2.68. The van der Waals surface area contributed by atoms with Gasteiger partial charge in [-0.2, -0.15) is 0 Å². The molecule has 12 rings (SSSR count). The summed E-state index contributed by atoms with van der Waals surface area (Å²) < 4.78 is 10.7. The number of fused-ring (bicyclic) bond motifs is 5. The van der Waals surface area contributed by atoms with Crippen molar-refractivity contribution < 1.29 is 9.30 Å². The molecule has 0 N–H and O–H groups in total. The van der Waals surface area contributed by atoms with E-state index in [2.05, 4.69) is 254 Å². The van der Waals surface area contributed by atoms with Crippen LogP contribution in [0.15, 0.2) is 164 Å². The van der Waals surface area contributed by atoms with Gasteiger partial charge >= 0.3 is 5.85 Å². The predicted octanol–water partition coefficient (Wildman–Crippen LogP) is 16.4. The molecule has 4 aliphatic heterocycles. The molecule has 0 saturated heterocycles. The summed E-state index contributed by atoms with van der Waals surface area (Å²) in [4.78, 5) is 5.35. The van der Waals surface area contributed by atoms with E-state index in [1.807, 2.05) is 0 Å². The molecule has 0 fully saturated rings. The Bertz CT molecular complexity index is 3350. The van der Waals surface area contributed by atoms with Crippen LogP contribution in [0.4, 0.5) is 17.1 Å². The number of nitrogens with zero attached hydrogens (tertiary/aromatic N) is 3. The minimum atomic E-state index is -1.05. The molecule has 0 aliphatic carbocycles. The van der Waals surface area contributed by atoms with Gasteiger partial charge in [-0.25, -0.2) is 4.90 Å². The number of ether oxygens (including phenoxy) is 1.